The average molecular weight is 237 g/mol. The third-order valence-corrected chi connectivity index (χ3v) is 4.86. The molecule has 1 N–H and O–H groups in total. The molecule has 0 aromatic heterocycles. The first-order valence-corrected chi connectivity index (χ1v) is 7.06. The lowest BCUT2D eigenvalue weighted by atomic mass is 9.76. The van der Waals surface area contributed by atoms with Crippen molar-refractivity contribution < 1.29 is 0 Å². The predicted molar refractivity (Wildman–Crippen MR) is 75.9 cm³/mol. The van der Waals surface area contributed by atoms with E-state index >= 15 is 0 Å². The summed E-state index contributed by atoms with van der Waals surface area (Å²) < 4.78 is 0. The molecule has 18 heavy (non-hydrogen) atoms. The van der Waals surface area contributed by atoms with Gasteiger partial charge in [0.2, 0.25) is 0 Å². The Balaban J connectivity index is 1.78. The van der Waals surface area contributed by atoms with E-state index in [0.29, 0.717) is 5.41 Å². The third-order valence-electron chi connectivity index (χ3n) is 4.86. The summed E-state index contributed by atoms with van der Waals surface area (Å²) in [6.07, 6.45) is 5.29. The Kier molecular flexibility index (Phi) is 2.25. The molecule has 4 rings (SSSR count). The lowest BCUT2D eigenvalue weighted by Gasteiger charge is -2.33. The SMILES string of the molecule is c1ccc2cc3c(cc2c1)CC1(CCNCC1)C3. The van der Waals surface area contributed by atoms with Crippen LogP contribution >= 0.6 is 0 Å². The molecule has 1 aliphatic heterocycles. The number of rotatable bonds is 0. The summed E-state index contributed by atoms with van der Waals surface area (Å²) in [5.41, 5.74) is 3.79. The molecule has 1 saturated heterocycles. The van der Waals surface area contributed by atoms with Crippen LogP contribution in [0.15, 0.2) is 36.4 Å². The number of nitrogens with one attached hydrogen (secondary N) is 1. The molecule has 0 atom stereocenters. The van der Waals surface area contributed by atoms with Gasteiger partial charge in [-0.3, -0.25) is 0 Å². The second-order valence-electron chi connectivity index (χ2n) is 6.07. The standard InChI is InChI=1S/C17H19N/c1-2-4-14-10-16-12-17(5-7-18-8-6-17)11-15(16)9-13(14)3-1/h1-4,9-10,18H,5-8,11-12H2. The summed E-state index contributed by atoms with van der Waals surface area (Å²) in [6.45, 7) is 2.40. The van der Waals surface area contributed by atoms with Crippen molar-refractivity contribution in [1.29, 1.82) is 0 Å². The molecule has 1 aliphatic carbocycles. The third kappa shape index (κ3) is 1.58. The molecule has 2 aliphatic rings. The van der Waals surface area contributed by atoms with Gasteiger partial charge in [-0.05, 0) is 66.1 Å². The van der Waals surface area contributed by atoms with Crippen molar-refractivity contribution in [3.05, 3.63) is 47.5 Å². The topological polar surface area (TPSA) is 12.0 Å². The Morgan fingerprint density at radius 1 is 0.833 bits per heavy atom. The zero-order valence-electron chi connectivity index (χ0n) is 10.7. The second kappa shape index (κ2) is 3.83. The maximum absolute atomic E-state index is 3.50. The highest BCUT2D eigenvalue weighted by molar-refractivity contribution is 5.84. The van der Waals surface area contributed by atoms with Crippen molar-refractivity contribution >= 4 is 10.8 Å². The van der Waals surface area contributed by atoms with Crippen molar-refractivity contribution in [3.8, 4) is 0 Å². The van der Waals surface area contributed by atoms with Gasteiger partial charge in [-0.1, -0.05) is 36.4 Å². The molecule has 0 amide bonds. The van der Waals surface area contributed by atoms with Crippen LogP contribution in [0.25, 0.3) is 10.8 Å². The first-order chi connectivity index (χ1) is 8.85. The van der Waals surface area contributed by atoms with E-state index in [1.807, 2.05) is 0 Å². The fourth-order valence-corrected chi connectivity index (χ4v) is 3.84. The molecule has 0 saturated carbocycles. The van der Waals surface area contributed by atoms with Gasteiger partial charge in [0.05, 0.1) is 0 Å². The van der Waals surface area contributed by atoms with Gasteiger partial charge in [-0.2, -0.15) is 0 Å². The summed E-state index contributed by atoms with van der Waals surface area (Å²) in [7, 11) is 0. The van der Waals surface area contributed by atoms with Crippen LogP contribution in [0.3, 0.4) is 0 Å². The molecule has 2 aromatic rings. The second-order valence-corrected chi connectivity index (χ2v) is 6.07. The van der Waals surface area contributed by atoms with E-state index < -0.39 is 0 Å². The quantitative estimate of drug-likeness (QED) is 0.741. The normalized spacial score (nSPS) is 21.3. The minimum atomic E-state index is 0.574. The number of hydrogen-bond donors (Lipinski definition) is 1. The minimum Gasteiger partial charge on any atom is -0.317 e. The van der Waals surface area contributed by atoms with E-state index in [1.165, 1.54) is 49.5 Å². The first-order valence-electron chi connectivity index (χ1n) is 7.06. The molecule has 1 heteroatoms. The highest BCUT2D eigenvalue weighted by atomic mass is 14.9. The van der Waals surface area contributed by atoms with E-state index in [9.17, 15) is 0 Å². The van der Waals surface area contributed by atoms with Crippen LogP contribution < -0.4 is 5.32 Å². The fraction of sp³-hybridized carbons (Fsp3) is 0.412. The monoisotopic (exact) mass is 237 g/mol. The van der Waals surface area contributed by atoms with Crippen molar-refractivity contribution in [2.75, 3.05) is 13.1 Å². The molecular formula is C17H19N. The maximum Gasteiger partial charge on any atom is -0.00434 e. The van der Waals surface area contributed by atoms with Gasteiger partial charge < -0.3 is 5.32 Å². The Labute approximate surface area is 108 Å². The van der Waals surface area contributed by atoms with Crippen molar-refractivity contribution in [2.24, 2.45) is 5.41 Å². The van der Waals surface area contributed by atoms with E-state index in [4.69, 9.17) is 0 Å². The minimum absolute atomic E-state index is 0.574. The van der Waals surface area contributed by atoms with Crippen LogP contribution in [-0.4, -0.2) is 13.1 Å². The van der Waals surface area contributed by atoms with E-state index in [2.05, 4.69) is 41.7 Å². The van der Waals surface area contributed by atoms with Gasteiger partial charge in [-0.15, -0.1) is 0 Å². The lowest BCUT2D eigenvalue weighted by molar-refractivity contribution is 0.216. The zero-order valence-corrected chi connectivity index (χ0v) is 10.7. The van der Waals surface area contributed by atoms with Crippen LogP contribution in [0.1, 0.15) is 24.0 Å². The van der Waals surface area contributed by atoms with Crippen LogP contribution in [-0.2, 0) is 12.8 Å². The molecule has 2 aromatic carbocycles. The molecule has 1 nitrogen and oxygen atoms in total. The van der Waals surface area contributed by atoms with Crippen molar-refractivity contribution in [2.45, 2.75) is 25.7 Å². The van der Waals surface area contributed by atoms with Crippen LogP contribution in [0, 0.1) is 5.41 Å². The lowest BCUT2D eigenvalue weighted by Crippen LogP contribution is -2.37. The van der Waals surface area contributed by atoms with Crippen molar-refractivity contribution in [1.82, 2.24) is 5.32 Å². The number of hydrogen-bond acceptors (Lipinski definition) is 1. The molecule has 1 spiro atoms. The van der Waals surface area contributed by atoms with Gasteiger partial charge >= 0.3 is 0 Å². The molecule has 0 radical (unpaired) electrons. The number of benzene rings is 2. The Bertz CT molecular complexity index is 547. The van der Waals surface area contributed by atoms with Crippen LogP contribution in [0.5, 0.6) is 0 Å². The molecule has 0 bridgehead atoms. The predicted octanol–water partition coefficient (Wildman–Crippen LogP) is 3.31. The Hall–Kier alpha value is -1.34. The summed E-state index contributed by atoms with van der Waals surface area (Å²) in [6, 6.07) is 13.6. The fourth-order valence-electron chi connectivity index (χ4n) is 3.84. The summed E-state index contributed by atoms with van der Waals surface area (Å²) in [5.74, 6) is 0. The molecule has 92 valence electrons. The summed E-state index contributed by atoms with van der Waals surface area (Å²) in [5, 5.41) is 6.31. The average Bonchev–Trinajstić information content (AvgIpc) is 2.73. The molecule has 0 unspecified atom stereocenters. The number of piperidine rings is 1. The molecular weight excluding hydrogens is 218 g/mol. The van der Waals surface area contributed by atoms with Gasteiger partial charge in [0.1, 0.15) is 0 Å². The summed E-state index contributed by atoms with van der Waals surface area (Å²) in [4.78, 5) is 0. The van der Waals surface area contributed by atoms with Crippen molar-refractivity contribution in [3.63, 3.8) is 0 Å². The van der Waals surface area contributed by atoms with Gasteiger partial charge in [0.15, 0.2) is 0 Å². The van der Waals surface area contributed by atoms with E-state index in [-0.39, 0.29) is 0 Å². The smallest absolute Gasteiger partial charge is 0.00434 e. The van der Waals surface area contributed by atoms with Gasteiger partial charge in [-0.25, -0.2) is 0 Å². The first kappa shape index (κ1) is 10.6. The van der Waals surface area contributed by atoms with E-state index in [0.717, 1.165) is 0 Å². The zero-order chi connectivity index (χ0) is 12.0. The largest absolute Gasteiger partial charge is 0.317 e. The van der Waals surface area contributed by atoms with E-state index in [1.54, 1.807) is 11.1 Å². The highest BCUT2D eigenvalue weighted by Crippen LogP contribution is 2.44. The number of fused-ring (bicyclic) bond motifs is 2. The van der Waals surface area contributed by atoms with Crippen LogP contribution in [0.2, 0.25) is 0 Å². The van der Waals surface area contributed by atoms with Gasteiger partial charge in [0.25, 0.3) is 0 Å². The highest BCUT2D eigenvalue weighted by Gasteiger charge is 2.37. The Morgan fingerprint density at radius 2 is 1.39 bits per heavy atom. The maximum atomic E-state index is 3.50. The van der Waals surface area contributed by atoms with Crippen LogP contribution in [0.4, 0.5) is 0 Å². The molecule has 1 heterocycles. The Morgan fingerprint density at radius 3 is 1.94 bits per heavy atom. The summed E-state index contributed by atoms with van der Waals surface area (Å²) >= 11 is 0. The van der Waals surface area contributed by atoms with Gasteiger partial charge in [0, 0.05) is 0 Å². The molecule has 1 fully saturated rings.